The van der Waals surface area contributed by atoms with Gasteiger partial charge in [-0.15, -0.1) is 0 Å². The zero-order valence-corrected chi connectivity index (χ0v) is 11.9. The number of aryl methyl sites for hydroxylation is 1. The van der Waals surface area contributed by atoms with Crippen molar-refractivity contribution in [3.63, 3.8) is 0 Å². The van der Waals surface area contributed by atoms with Gasteiger partial charge in [-0.3, -0.25) is 9.48 Å². The molecule has 0 saturated heterocycles. The summed E-state index contributed by atoms with van der Waals surface area (Å²) in [6.45, 7) is 2.00. The molecule has 0 aliphatic rings. The van der Waals surface area contributed by atoms with Crippen molar-refractivity contribution in [2.75, 3.05) is 5.32 Å². The topological polar surface area (TPSA) is 62.7 Å². The Kier molecular flexibility index (Phi) is 3.31. The molecule has 1 aromatic carbocycles. The second-order valence-corrected chi connectivity index (χ2v) is 4.86. The molecule has 1 amide bonds. The standard InChI is InChI=1S/C16H16N4O/c1-11-12(14-7-4-9-17-14)5-3-6-13(11)19-16(21)15-8-10-18-20(15)2/h3-10,17H,1-2H3,(H,19,21). The van der Waals surface area contributed by atoms with Crippen LogP contribution in [-0.4, -0.2) is 20.7 Å². The lowest BCUT2D eigenvalue weighted by atomic mass is 10.0. The third-order valence-electron chi connectivity index (χ3n) is 3.52. The van der Waals surface area contributed by atoms with Gasteiger partial charge in [0.15, 0.2) is 0 Å². The van der Waals surface area contributed by atoms with E-state index in [0.29, 0.717) is 5.69 Å². The smallest absolute Gasteiger partial charge is 0.273 e. The fourth-order valence-electron chi connectivity index (χ4n) is 2.34. The second kappa shape index (κ2) is 5.28. The molecule has 0 aliphatic heterocycles. The first-order chi connectivity index (χ1) is 10.2. The number of nitrogens with one attached hydrogen (secondary N) is 2. The summed E-state index contributed by atoms with van der Waals surface area (Å²) in [5, 5.41) is 6.95. The second-order valence-electron chi connectivity index (χ2n) is 4.86. The largest absolute Gasteiger partial charge is 0.361 e. The van der Waals surface area contributed by atoms with Gasteiger partial charge in [0.2, 0.25) is 0 Å². The average molecular weight is 280 g/mol. The number of rotatable bonds is 3. The van der Waals surface area contributed by atoms with Crippen LogP contribution >= 0.6 is 0 Å². The summed E-state index contributed by atoms with van der Waals surface area (Å²) in [4.78, 5) is 15.5. The lowest BCUT2D eigenvalue weighted by Gasteiger charge is -2.12. The fourth-order valence-corrected chi connectivity index (χ4v) is 2.34. The third-order valence-corrected chi connectivity index (χ3v) is 3.52. The van der Waals surface area contributed by atoms with Gasteiger partial charge in [-0.25, -0.2) is 0 Å². The molecule has 2 N–H and O–H groups in total. The van der Waals surface area contributed by atoms with Gasteiger partial charge in [-0.2, -0.15) is 5.10 Å². The van der Waals surface area contributed by atoms with Crippen LogP contribution in [0.15, 0.2) is 48.8 Å². The molecule has 3 aromatic rings. The number of H-pyrrole nitrogens is 1. The number of hydrogen-bond donors (Lipinski definition) is 2. The normalized spacial score (nSPS) is 10.6. The average Bonchev–Trinajstić information content (AvgIpc) is 3.12. The van der Waals surface area contributed by atoms with Crippen molar-refractivity contribution >= 4 is 11.6 Å². The van der Waals surface area contributed by atoms with Gasteiger partial charge in [-0.1, -0.05) is 12.1 Å². The molecule has 0 atom stereocenters. The molecule has 0 bridgehead atoms. The van der Waals surface area contributed by atoms with E-state index in [4.69, 9.17) is 0 Å². The van der Waals surface area contributed by atoms with Gasteiger partial charge in [0, 0.05) is 36.4 Å². The summed E-state index contributed by atoms with van der Waals surface area (Å²) in [7, 11) is 1.75. The quantitative estimate of drug-likeness (QED) is 0.774. The van der Waals surface area contributed by atoms with E-state index >= 15 is 0 Å². The monoisotopic (exact) mass is 280 g/mol. The first kappa shape index (κ1) is 13.2. The van der Waals surface area contributed by atoms with E-state index in [9.17, 15) is 4.79 Å². The van der Waals surface area contributed by atoms with E-state index in [0.717, 1.165) is 22.5 Å². The Balaban J connectivity index is 1.92. The van der Waals surface area contributed by atoms with Gasteiger partial charge >= 0.3 is 0 Å². The molecule has 106 valence electrons. The Morgan fingerprint density at radius 3 is 2.76 bits per heavy atom. The molecular weight excluding hydrogens is 264 g/mol. The Labute approximate surface area is 122 Å². The van der Waals surface area contributed by atoms with Crippen LogP contribution in [0.25, 0.3) is 11.3 Å². The van der Waals surface area contributed by atoms with Crippen LogP contribution in [0.5, 0.6) is 0 Å². The van der Waals surface area contributed by atoms with Gasteiger partial charge < -0.3 is 10.3 Å². The zero-order valence-electron chi connectivity index (χ0n) is 11.9. The summed E-state index contributed by atoms with van der Waals surface area (Å²) in [6.07, 6.45) is 3.49. The molecule has 0 fully saturated rings. The minimum Gasteiger partial charge on any atom is -0.361 e. The molecule has 0 saturated carbocycles. The predicted octanol–water partition coefficient (Wildman–Crippen LogP) is 2.98. The highest BCUT2D eigenvalue weighted by atomic mass is 16.2. The van der Waals surface area contributed by atoms with E-state index in [1.54, 1.807) is 24.0 Å². The summed E-state index contributed by atoms with van der Waals surface area (Å²) < 4.78 is 1.56. The number of aromatic nitrogens is 3. The summed E-state index contributed by atoms with van der Waals surface area (Å²) in [5.41, 5.74) is 4.45. The van der Waals surface area contributed by atoms with Crippen molar-refractivity contribution in [2.45, 2.75) is 6.92 Å². The van der Waals surface area contributed by atoms with Crippen molar-refractivity contribution in [2.24, 2.45) is 7.05 Å². The number of carbonyl (C=O) groups excluding carboxylic acids is 1. The highest BCUT2D eigenvalue weighted by molar-refractivity contribution is 6.03. The number of hydrogen-bond acceptors (Lipinski definition) is 2. The van der Waals surface area contributed by atoms with Crippen molar-refractivity contribution in [1.29, 1.82) is 0 Å². The van der Waals surface area contributed by atoms with Crippen LogP contribution < -0.4 is 5.32 Å². The van der Waals surface area contributed by atoms with Crippen molar-refractivity contribution in [1.82, 2.24) is 14.8 Å². The number of benzene rings is 1. The number of aromatic amines is 1. The molecule has 21 heavy (non-hydrogen) atoms. The van der Waals surface area contributed by atoms with Crippen LogP contribution in [0.2, 0.25) is 0 Å². The Morgan fingerprint density at radius 1 is 1.24 bits per heavy atom. The molecule has 3 rings (SSSR count). The Hall–Kier alpha value is -2.82. The van der Waals surface area contributed by atoms with Crippen LogP contribution in [0.4, 0.5) is 5.69 Å². The van der Waals surface area contributed by atoms with Gasteiger partial charge in [0.1, 0.15) is 5.69 Å². The maximum absolute atomic E-state index is 12.3. The molecule has 0 unspecified atom stereocenters. The predicted molar refractivity (Wildman–Crippen MR) is 82.1 cm³/mol. The van der Waals surface area contributed by atoms with Crippen molar-refractivity contribution < 1.29 is 4.79 Å². The molecule has 0 spiro atoms. The highest BCUT2D eigenvalue weighted by Gasteiger charge is 2.13. The molecule has 5 heteroatoms. The van der Waals surface area contributed by atoms with Crippen molar-refractivity contribution in [3.8, 4) is 11.3 Å². The summed E-state index contributed by atoms with van der Waals surface area (Å²) in [5.74, 6) is -0.165. The van der Waals surface area contributed by atoms with E-state index in [-0.39, 0.29) is 5.91 Å². The van der Waals surface area contributed by atoms with E-state index < -0.39 is 0 Å². The molecule has 2 heterocycles. The lowest BCUT2D eigenvalue weighted by molar-refractivity contribution is 0.101. The first-order valence-electron chi connectivity index (χ1n) is 6.69. The number of amides is 1. The van der Waals surface area contributed by atoms with Crippen LogP contribution in [0.1, 0.15) is 16.1 Å². The zero-order chi connectivity index (χ0) is 14.8. The van der Waals surface area contributed by atoms with Gasteiger partial charge in [0.25, 0.3) is 5.91 Å². The highest BCUT2D eigenvalue weighted by Crippen LogP contribution is 2.27. The Bertz CT molecular complexity index is 771. The molecule has 0 aliphatic carbocycles. The van der Waals surface area contributed by atoms with E-state index in [2.05, 4.69) is 15.4 Å². The minimum atomic E-state index is -0.165. The fraction of sp³-hybridized carbons (Fsp3) is 0.125. The lowest BCUT2D eigenvalue weighted by Crippen LogP contribution is -2.16. The van der Waals surface area contributed by atoms with E-state index in [1.165, 1.54) is 0 Å². The third kappa shape index (κ3) is 2.45. The maximum Gasteiger partial charge on any atom is 0.273 e. The van der Waals surface area contributed by atoms with Gasteiger partial charge in [-0.05, 0) is 36.8 Å². The van der Waals surface area contributed by atoms with Gasteiger partial charge in [0.05, 0.1) is 0 Å². The number of nitrogens with zero attached hydrogens (tertiary/aromatic N) is 2. The number of anilines is 1. The van der Waals surface area contributed by atoms with E-state index in [1.807, 2.05) is 43.5 Å². The molecule has 5 nitrogen and oxygen atoms in total. The van der Waals surface area contributed by atoms with Crippen LogP contribution in [0.3, 0.4) is 0 Å². The summed E-state index contributed by atoms with van der Waals surface area (Å²) >= 11 is 0. The van der Waals surface area contributed by atoms with Crippen LogP contribution in [0, 0.1) is 6.92 Å². The maximum atomic E-state index is 12.3. The first-order valence-corrected chi connectivity index (χ1v) is 6.69. The van der Waals surface area contributed by atoms with Crippen molar-refractivity contribution in [3.05, 3.63) is 60.0 Å². The SMILES string of the molecule is Cc1c(NC(=O)c2ccnn2C)cccc1-c1ccc[nH]1. The molecule has 0 radical (unpaired) electrons. The minimum absolute atomic E-state index is 0.165. The summed E-state index contributed by atoms with van der Waals surface area (Å²) in [6, 6.07) is 11.5. The van der Waals surface area contributed by atoms with Crippen LogP contribution in [-0.2, 0) is 7.05 Å². The molecule has 2 aromatic heterocycles. The Morgan fingerprint density at radius 2 is 2.10 bits per heavy atom. The number of carbonyl (C=O) groups is 1. The molecular formula is C16H16N4O.